The van der Waals surface area contributed by atoms with Gasteiger partial charge in [0.15, 0.2) is 0 Å². The molecular formula is C11H8ClFN2O2. The molecule has 0 fully saturated rings. The summed E-state index contributed by atoms with van der Waals surface area (Å²) in [6, 6.07) is 5.34. The van der Waals surface area contributed by atoms with Crippen LogP contribution < -0.4 is 0 Å². The third-order valence-corrected chi connectivity index (χ3v) is 2.62. The number of benzene rings is 1. The van der Waals surface area contributed by atoms with Crippen molar-refractivity contribution in [2.45, 2.75) is 6.54 Å². The van der Waals surface area contributed by atoms with Gasteiger partial charge in [-0.15, -0.1) is 0 Å². The standard InChI is InChI=1S/C11H8ClFN2O2/c12-9-5-8(13)2-1-7(9)6-15-10(11(16)17)3-4-14-15/h1-5H,6H2,(H,16,17). The maximum Gasteiger partial charge on any atom is 0.354 e. The second-order valence-corrected chi connectivity index (χ2v) is 3.82. The van der Waals surface area contributed by atoms with Crippen LogP contribution in [0.1, 0.15) is 16.1 Å². The van der Waals surface area contributed by atoms with Crippen LogP contribution >= 0.6 is 11.6 Å². The summed E-state index contributed by atoms with van der Waals surface area (Å²) in [6.45, 7) is 0.188. The Morgan fingerprint density at radius 1 is 1.47 bits per heavy atom. The third kappa shape index (κ3) is 2.45. The number of carboxylic acids is 1. The maximum absolute atomic E-state index is 12.8. The summed E-state index contributed by atoms with van der Waals surface area (Å²) >= 11 is 5.85. The van der Waals surface area contributed by atoms with Crippen molar-refractivity contribution in [1.29, 1.82) is 0 Å². The van der Waals surface area contributed by atoms with E-state index in [9.17, 15) is 9.18 Å². The predicted molar refractivity (Wildman–Crippen MR) is 59.7 cm³/mol. The summed E-state index contributed by atoms with van der Waals surface area (Å²) in [4.78, 5) is 10.9. The Kier molecular flexibility index (Phi) is 3.10. The van der Waals surface area contributed by atoms with Crippen LogP contribution in [0.2, 0.25) is 5.02 Å². The first-order chi connectivity index (χ1) is 8.08. The second-order valence-electron chi connectivity index (χ2n) is 3.41. The van der Waals surface area contributed by atoms with Crippen LogP contribution in [0.3, 0.4) is 0 Å². The molecule has 0 saturated heterocycles. The number of carbonyl (C=O) groups is 1. The van der Waals surface area contributed by atoms with Gasteiger partial charge in [-0.25, -0.2) is 9.18 Å². The van der Waals surface area contributed by atoms with Gasteiger partial charge in [-0.3, -0.25) is 4.68 Å². The zero-order valence-corrected chi connectivity index (χ0v) is 9.36. The highest BCUT2D eigenvalue weighted by molar-refractivity contribution is 6.31. The van der Waals surface area contributed by atoms with Gasteiger partial charge in [-0.05, 0) is 23.8 Å². The maximum atomic E-state index is 12.8. The molecule has 0 radical (unpaired) electrons. The Morgan fingerprint density at radius 3 is 2.88 bits per heavy atom. The molecule has 0 atom stereocenters. The minimum atomic E-state index is -1.07. The van der Waals surface area contributed by atoms with Crippen LogP contribution in [0.25, 0.3) is 0 Å². The van der Waals surface area contributed by atoms with E-state index in [-0.39, 0.29) is 17.3 Å². The summed E-state index contributed by atoms with van der Waals surface area (Å²) in [6.07, 6.45) is 1.39. The van der Waals surface area contributed by atoms with Crippen molar-refractivity contribution in [2.75, 3.05) is 0 Å². The van der Waals surface area contributed by atoms with E-state index >= 15 is 0 Å². The molecule has 2 aromatic rings. The molecule has 1 aromatic heterocycles. The minimum absolute atomic E-state index is 0.0605. The smallest absolute Gasteiger partial charge is 0.354 e. The molecular weight excluding hydrogens is 247 g/mol. The Hall–Kier alpha value is -1.88. The van der Waals surface area contributed by atoms with Gasteiger partial charge in [0.05, 0.1) is 6.54 Å². The molecule has 17 heavy (non-hydrogen) atoms. The lowest BCUT2D eigenvalue weighted by Crippen LogP contribution is -2.11. The van der Waals surface area contributed by atoms with E-state index in [1.54, 1.807) is 0 Å². The SMILES string of the molecule is O=C(O)c1ccnn1Cc1ccc(F)cc1Cl. The van der Waals surface area contributed by atoms with Gasteiger partial charge in [0, 0.05) is 11.2 Å². The van der Waals surface area contributed by atoms with Gasteiger partial charge in [0.2, 0.25) is 0 Å². The normalized spacial score (nSPS) is 10.5. The fourth-order valence-electron chi connectivity index (χ4n) is 1.45. The molecule has 0 saturated carbocycles. The van der Waals surface area contributed by atoms with Gasteiger partial charge in [-0.2, -0.15) is 5.10 Å². The lowest BCUT2D eigenvalue weighted by atomic mass is 10.2. The molecule has 0 unspecified atom stereocenters. The summed E-state index contributed by atoms with van der Waals surface area (Å²) in [5, 5.41) is 13.0. The Balaban J connectivity index is 2.31. The van der Waals surface area contributed by atoms with Gasteiger partial charge in [0.1, 0.15) is 11.5 Å². The highest BCUT2D eigenvalue weighted by Crippen LogP contribution is 2.18. The average molecular weight is 255 g/mol. The Bertz CT molecular complexity index is 568. The van der Waals surface area contributed by atoms with Gasteiger partial charge in [-0.1, -0.05) is 17.7 Å². The van der Waals surface area contributed by atoms with Crippen molar-refractivity contribution in [2.24, 2.45) is 0 Å². The number of nitrogens with zero attached hydrogens (tertiary/aromatic N) is 2. The van der Waals surface area contributed by atoms with E-state index < -0.39 is 11.8 Å². The Morgan fingerprint density at radius 2 is 2.24 bits per heavy atom. The molecule has 6 heteroatoms. The van der Waals surface area contributed by atoms with Crippen molar-refractivity contribution in [3.8, 4) is 0 Å². The fraction of sp³-hybridized carbons (Fsp3) is 0.0909. The Labute approximate surface area is 101 Å². The molecule has 2 rings (SSSR count). The molecule has 1 aromatic carbocycles. The van der Waals surface area contributed by atoms with Crippen molar-refractivity contribution in [3.63, 3.8) is 0 Å². The van der Waals surface area contributed by atoms with Crippen LogP contribution in [0, 0.1) is 5.82 Å². The number of hydrogen-bond donors (Lipinski definition) is 1. The quantitative estimate of drug-likeness (QED) is 0.915. The molecule has 1 N–H and O–H groups in total. The van der Waals surface area contributed by atoms with Gasteiger partial charge >= 0.3 is 5.97 Å². The molecule has 0 bridgehead atoms. The molecule has 0 aliphatic carbocycles. The lowest BCUT2D eigenvalue weighted by molar-refractivity contribution is 0.0684. The van der Waals surface area contributed by atoms with E-state index in [1.807, 2.05) is 0 Å². The number of halogens is 2. The van der Waals surface area contributed by atoms with Crippen LogP contribution in [-0.4, -0.2) is 20.9 Å². The van der Waals surface area contributed by atoms with Crippen molar-refractivity contribution >= 4 is 17.6 Å². The van der Waals surface area contributed by atoms with Gasteiger partial charge in [0.25, 0.3) is 0 Å². The van der Waals surface area contributed by atoms with E-state index in [2.05, 4.69) is 5.10 Å². The van der Waals surface area contributed by atoms with E-state index in [1.165, 1.54) is 35.1 Å². The lowest BCUT2D eigenvalue weighted by Gasteiger charge is -2.06. The van der Waals surface area contributed by atoms with Crippen molar-refractivity contribution in [3.05, 3.63) is 52.6 Å². The molecule has 0 amide bonds. The number of aromatic nitrogens is 2. The molecule has 0 aliphatic heterocycles. The zero-order valence-electron chi connectivity index (χ0n) is 8.60. The molecule has 4 nitrogen and oxygen atoms in total. The summed E-state index contributed by atoms with van der Waals surface area (Å²) in [5.41, 5.74) is 0.671. The molecule has 88 valence electrons. The van der Waals surface area contributed by atoms with Crippen molar-refractivity contribution < 1.29 is 14.3 Å². The third-order valence-electron chi connectivity index (χ3n) is 2.27. The summed E-state index contributed by atoms with van der Waals surface area (Å²) in [7, 11) is 0. The number of hydrogen-bond acceptors (Lipinski definition) is 2. The largest absolute Gasteiger partial charge is 0.477 e. The summed E-state index contributed by atoms with van der Waals surface area (Å²) < 4.78 is 14.1. The van der Waals surface area contributed by atoms with E-state index in [0.29, 0.717) is 5.56 Å². The molecule has 0 aliphatic rings. The first kappa shape index (κ1) is 11.6. The first-order valence-corrected chi connectivity index (χ1v) is 5.15. The number of aromatic carboxylic acids is 1. The topological polar surface area (TPSA) is 55.1 Å². The van der Waals surface area contributed by atoms with Gasteiger partial charge < -0.3 is 5.11 Å². The highest BCUT2D eigenvalue weighted by atomic mass is 35.5. The van der Waals surface area contributed by atoms with Crippen molar-refractivity contribution in [1.82, 2.24) is 9.78 Å². The van der Waals surface area contributed by atoms with Crippen LogP contribution in [0.4, 0.5) is 4.39 Å². The highest BCUT2D eigenvalue weighted by Gasteiger charge is 2.11. The van der Waals surface area contributed by atoms with E-state index in [4.69, 9.17) is 16.7 Å². The average Bonchev–Trinajstić information content (AvgIpc) is 2.70. The minimum Gasteiger partial charge on any atom is -0.477 e. The number of rotatable bonds is 3. The molecule has 1 heterocycles. The predicted octanol–water partition coefficient (Wildman–Crippen LogP) is 2.42. The fourth-order valence-corrected chi connectivity index (χ4v) is 1.68. The monoisotopic (exact) mass is 254 g/mol. The second kappa shape index (κ2) is 4.55. The first-order valence-electron chi connectivity index (χ1n) is 4.77. The van der Waals surface area contributed by atoms with E-state index in [0.717, 1.165) is 0 Å². The van der Waals surface area contributed by atoms with Crippen LogP contribution in [0.5, 0.6) is 0 Å². The molecule has 0 spiro atoms. The van der Waals surface area contributed by atoms with Crippen LogP contribution in [0.15, 0.2) is 30.5 Å². The van der Waals surface area contributed by atoms with Crippen LogP contribution in [-0.2, 0) is 6.54 Å². The zero-order chi connectivity index (χ0) is 12.4. The summed E-state index contributed by atoms with van der Waals surface area (Å²) in [5.74, 6) is -1.50. The number of carboxylic acid groups (broad SMARTS) is 1.